The first-order chi connectivity index (χ1) is 12.5. The molecule has 0 bridgehead atoms. The van der Waals surface area contributed by atoms with E-state index in [9.17, 15) is 18.7 Å². The van der Waals surface area contributed by atoms with E-state index in [0.29, 0.717) is 17.4 Å². The molecule has 26 heavy (non-hydrogen) atoms. The first kappa shape index (κ1) is 16.0. The highest BCUT2D eigenvalue weighted by atomic mass is 19.1. The molecule has 4 aromatic rings. The maximum atomic E-state index is 14.1. The van der Waals surface area contributed by atoms with Crippen LogP contribution in [0.5, 0.6) is 5.75 Å². The molecule has 7 heteroatoms. The minimum absolute atomic E-state index is 0.114. The smallest absolute Gasteiger partial charge is 0.336 e. The molecule has 0 radical (unpaired) electrons. The molecule has 0 fully saturated rings. The first-order valence-corrected chi connectivity index (χ1v) is 7.57. The fourth-order valence-corrected chi connectivity index (χ4v) is 2.83. The van der Waals surface area contributed by atoms with Crippen LogP contribution >= 0.6 is 0 Å². The number of hydrogen-bond acceptors (Lipinski definition) is 4. The Morgan fingerprint density at radius 3 is 2.69 bits per heavy atom. The summed E-state index contributed by atoms with van der Waals surface area (Å²) < 4.78 is 38.5. The molecule has 0 atom stereocenters. The van der Waals surface area contributed by atoms with Crippen molar-refractivity contribution in [3.63, 3.8) is 0 Å². The molecule has 0 spiro atoms. The summed E-state index contributed by atoms with van der Waals surface area (Å²) in [5.41, 5.74) is 0.176. The van der Waals surface area contributed by atoms with Crippen molar-refractivity contribution in [2.75, 3.05) is 7.11 Å². The molecular weight excluding hydrogens is 344 g/mol. The van der Waals surface area contributed by atoms with Gasteiger partial charge in [-0.05, 0) is 36.4 Å². The predicted molar refractivity (Wildman–Crippen MR) is 90.4 cm³/mol. The van der Waals surface area contributed by atoms with Crippen molar-refractivity contribution in [2.45, 2.75) is 0 Å². The zero-order valence-corrected chi connectivity index (χ0v) is 13.4. The summed E-state index contributed by atoms with van der Waals surface area (Å²) in [5.74, 6) is -2.24. The fraction of sp³-hybridized carbons (Fsp3) is 0.0526. The van der Waals surface area contributed by atoms with Gasteiger partial charge in [0.25, 0.3) is 0 Å². The van der Waals surface area contributed by atoms with E-state index < -0.39 is 17.6 Å². The molecule has 2 heterocycles. The van der Waals surface area contributed by atoms with E-state index >= 15 is 0 Å². The van der Waals surface area contributed by atoms with Crippen LogP contribution in [-0.4, -0.2) is 23.2 Å². The molecule has 0 saturated heterocycles. The molecular formula is C19H11F2NO4. The minimum atomic E-state index is -1.32. The van der Waals surface area contributed by atoms with Gasteiger partial charge < -0.3 is 14.3 Å². The van der Waals surface area contributed by atoms with Crippen molar-refractivity contribution in [3.8, 4) is 17.2 Å². The van der Waals surface area contributed by atoms with Gasteiger partial charge in [-0.3, -0.25) is 0 Å². The molecule has 1 N–H and O–H groups in total. The van der Waals surface area contributed by atoms with Gasteiger partial charge in [0.1, 0.15) is 28.4 Å². The van der Waals surface area contributed by atoms with Crippen LogP contribution in [0.2, 0.25) is 0 Å². The van der Waals surface area contributed by atoms with Crippen LogP contribution < -0.4 is 4.74 Å². The Kier molecular flexibility index (Phi) is 3.57. The molecule has 0 aliphatic rings. The van der Waals surface area contributed by atoms with Gasteiger partial charge in [-0.2, -0.15) is 0 Å². The molecule has 0 amide bonds. The third kappa shape index (κ3) is 2.54. The zero-order valence-electron chi connectivity index (χ0n) is 13.4. The van der Waals surface area contributed by atoms with Crippen LogP contribution in [0.25, 0.3) is 33.3 Å². The molecule has 2 aromatic carbocycles. The predicted octanol–water partition coefficient (Wildman–Crippen LogP) is 4.63. The van der Waals surface area contributed by atoms with E-state index in [-0.39, 0.29) is 27.9 Å². The lowest BCUT2D eigenvalue weighted by Crippen LogP contribution is -2.02. The lowest BCUT2D eigenvalue weighted by Gasteiger charge is -2.06. The average molecular weight is 355 g/mol. The number of aromatic carboxylic acids is 1. The normalized spacial score (nSPS) is 11.2. The number of carboxylic acid groups (broad SMARTS) is 1. The summed E-state index contributed by atoms with van der Waals surface area (Å²) in [7, 11) is 1.54. The number of methoxy groups -OCH3 is 1. The molecule has 0 saturated carbocycles. The van der Waals surface area contributed by atoms with Crippen LogP contribution in [0, 0.1) is 11.6 Å². The van der Waals surface area contributed by atoms with Crippen LogP contribution in [0.4, 0.5) is 8.78 Å². The Bertz CT molecular complexity index is 1180. The van der Waals surface area contributed by atoms with E-state index in [1.165, 1.54) is 13.2 Å². The summed E-state index contributed by atoms with van der Waals surface area (Å²) in [5, 5.41) is 10.0. The van der Waals surface area contributed by atoms with E-state index in [0.717, 1.165) is 11.5 Å². The SMILES string of the molecule is COc1ccc2oc(-c3cc(C(=O)O)c4cc(F)cc(F)c4n3)cc2c1. The third-order valence-electron chi connectivity index (χ3n) is 4.04. The lowest BCUT2D eigenvalue weighted by molar-refractivity contribution is 0.0699. The van der Waals surface area contributed by atoms with Gasteiger partial charge >= 0.3 is 5.97 Å². The standard InChI is InChI=1S/C19H11F2NO4/c1-25-11-2-3-16-9(4-11)5-17(26-16)15-8-13(19(23)24)12-6-10(20)7-14(21)18(12)22-15/h2-8H,1H3,(H,23,24). The number of halogens is 2. The van der Waals surface area contributed by atoms with E-state index in [1.54, 1.807) is 24.3 Å². The number of benzene rings is 2. The average Bonchev–Trinajstić information content (AvgIpc) is 3.03. The largest absolute Gasteiger partial charge is 0.497 e. The number of pyridine rings is 1. The van der Waals surface area contributed by atoms with Crippen LogP contribution in [0.1, 0.15) is 10.4 Å². The molecule has 2 aromatic heterocycles. The number of carboxylic acids is 1. The molecule has 4 rings (SSSR count). The van der Waals surface area contributed by atoms with Gasteiger partial charge in [0, 0.05) is 16.8 Å². The fourth-order valence-electron chi connectivity index (χ4n) is 2.83. The highest BCUT2D eigenvalue weighted by Gasteiger charge is 2.18. The van der Waals surface area contributed by atoms with Gasteiger partial charge in [-0.1, -0.05) is 0 Å². The minimum Gasteiger partial charge on any atom is -0.497 e. The van der Waals surface area contributed by atoms with Gasteiger partial charge in [0.15, 0.2) is 11.6 Å². The Labute approximate surface area is 145 Å². The Morgan fingerprint density at radius 1 is 1.15 bits per heavy atom. The van der Waals surface area contributed by atoms with E-state index in [4.69, 9.17) is 9.15 Å². The highest BCUT2D eigenvalue weighted by molar-refractivity contribution is 6.04. The molecule has 0 unspecified atom stereocenters. The Hall–Kier alpha value is -3.48. The topological polar surface area (TPSA) is 72.6 Å². The van der Waals surface area contributed by atoms with E-state index in [1.807, 2.05) is 0 Å². The molecule has 5 nitrogen and oxygen atoms in total. The molecule has 130 valence electrons. The number of rotatable bonds is 3. The zero-order chi connectivity index (χ0) is 18.4. The summed E-state index contributed by atoms with van der Waals surface area (Å²) >= 11 is 0. The van der Waals surface area contributed by atoms with Crippen molar-refractivity contribution >= 4 is 27.8 Å². The number of ether oxygens (including phenoxy) is 1. The van der Waals surface area contributed by atoms with Crippen LogP contribution in [0.15, 0.2) is 46.9 Å². The van der Waals surface area contributed by atoms with Gasteiger partial charge in [0.05, 0.1) is 12.7 Å². The second kappa shape index (κ2) is 5.80. The summed E-state index contributed by atoms with van der Waals surface area (Å²) in [6.07, 6.45) is 0. The van der Waals surface area contributed by atoms with Gasteiger partial charge in [0.2, 0.25) is 0 Å². The number of fused-ring (bicyclic) bond motifs is 2. The molecule has 0 aliphatic heterocycles. The highest BCUT2D eigenvalue weighted by Crippen LogP contribution is 2.32. The van der Waals surface area contributed by atoms with E-state index in [2.05, 4.69) is 4.98 Å². The number of hydrogen-bond donors (Lipinski definition) is 1. The number of carbonyl (C=O) groups is 1. The Balaban J connectivity index is 1.98. The van der Waals surface area contributed by atoms with Crippen molar-refractivity contribution in [3.05, 3.63) is 59.7 Å². The third-order valence-corrected chi connectivity index (χ3v) is 4.04. The second-order valence-electron chi connectivity index (χ2n) is 5.66. The number of aromatic nitrogens is 1. The van der Waals surface area contributed by atoms with Crippen LogP contribution in [-0.2, 0) is 0 Å². The number of furan rings is 1. The Morgan fingerprint density at radius 2 is 1.96 bits per heavy atom. The first-order valence-electron chi connectivity index (χ1n) is 7.57. The maximum absolute atomic E-state index is 14.1. The van der Waals surface area contributed by atoms with Crippen molar-refractivity contribution in [1.82, 2.24) is 4.98 Å². The van der Waals surface area contributed by atoms with Crippen molar-refractivity contribution < 1.29 is 27.8 Å². The second-order valence-corrected chi connectivity index (χ2v) is 5.66. The quantitative estimate of drug-likeness (QED) is 0.580. The molecule has 0 aliphatic carbocycles. The maximum Gasteiger partial charge on any atom is 0.336 e. The van der Waals surface area contributed by atoms with Gasteiger partial charge in [-0.15, -0.1) is 0 Å². The monoisotopic (exact) mass is 355 g/mol. The van der Waals surface area contributed by atoms with Crippen LogP contribution in [0.3, 0.4) is 0 Å². The summed E-state index contributed by atoms with van der Waals surface area (Å²) in [6, 6.07) is 9.66. The summed E-state index contributed by atoms with van der Waals surface area (Å²) in [4.78, 5) is 15.7. The van der Waals surface area contributed by atoms with Gasteiger partial charge in [-0.25, -0.2) is 18.6 Å². The summed E-state index contributed by atoms with van der Waals surface area (Å²) in [6.45, 7) is 0. The van der Waals surface area contributed by atoms with Crippen molar-refractivity contribution in [1.29, 1.82) is 0 Å². The number of nitrogens with zero attached hydrogens (tertiary/aromatic N) is 1. The lowest BCUT2D eigenvalue weighted by atomic mass is 10.1. The van der Waals surface area contributed by atoms with Crippen molar-refractivity contribution in [2.24, 2.45) is 0 Å².